The fraction of sp³-hybridized carbons (Fsp3) is 0.476. The van der Waals surface area contributed by atoms with E-state index in [0.29, 0.717) is 5.88 Å². The summed E-state index contributed by atoms with van der Waals surface area (Å²) in [5.41, 5.74) is 4.61. The van der Waals surface area contributed by atoms with E-state index in [9.17, 15) is 5.11 Å². The van der Waals surface area contributed by atoms with E-state index in [1.807, 2.05) is 45.9 Å². The summed E-state index contributed by atoms with van der Waals surface area (Å²) < 4.78 is 12.3. The molecule has 136 valence electrons. The maximum absolute atomic E-state index is 9.34. The molecule has 1 N–H and O–H groups in total. The zero-order valence-corrected chi connectivity index (χ0v) is 16.1. The zero-order valence-electron chi connectivity index (χ0n) is 16.1. The highest BCUT2D eigenvalue weighted by Crippen LogP contribution is 2.34. The molecule has 0 unspecified atom stereocenters. The van der Waals surface area contributed by atoms with Gasteiger partial charge in [-0.3, -0.25) is 0 Å². The van der Waals surface area contributed by atoms with Crippen LogP contribution in [-0.2, 0) is 6.61 Å². The molecule has 0 aliphatic heterocycles. The van der Waals surface area contributed by atoms with Crippen LogP contribution in [0.15, 0.2) is 18.2 Å². The number of aromatic nitrogens is 1. The molecule has 2 rings (SSSR count). The minimum Gasteiger partial charge on any atom is -0.490 e. The Kier molecular flexibility index (Phi) is 6.43. The predicted octanol–water partition coefficient (Wildman–Crippen LogP) is 5.17. The van der Waals surface area contributed by atoms with Gasteiger partial charge in [-0.2, -0.15) is 0 Å². The van der Waals surface area contributed by atoms with Gasteiger partial charge < -0.3 is 14.6 Å². The number of aliphatic hydroxyl groups excluding tert-OH is 1. The summed E-state index contributed by atoms with van der Waals surface area (Å²) in [5.74, 6) is 2.19. The normalized spacial score (nSPS) is 11.0. The number of rotatable bonds is 7. The van der Waals surface area contributed by atoms with Crippen molar-refractivity contribution in [2.24, 2.45) is 0 Å². The van der Waals surface area contributed by atoms with Crippen molar-refractivity contribution in [2.75, 3.05) is 0 Å². The topological polar surface area (TPSA) is 51.6 Å². The van der Waals surface area contributed by atoms with Gasteiger partial charge in [-0.05, 0) is 57.2 Å². The van der Waals surface area contributed by atoms with E-state index in [1.54, 1.807) is 0 Å². The minimum atomic E-state index is 0.0249. The van der Waals surface area contributed by atoms with E-state index in [2.05, 4.69) is 18.8 Å². The van der Waals surface area contributed by atoms with Crippen LogP contribution in [0.3, 0.4) is 0 Å². The largest absolute Gasteiger partial charge is 0.490 e. The van der Waals surface area contributed by atoms with E-state index in [0.717, 1.165) is 52.3 Å². The first-order valence-electron chi connectivity index (χ1n) is 8.93. The molecule has 0 spiro atoms. The second-order valence-corrected chi connectivity index (χ2v) is 6.57. The Morgan fingerprint density at radius 3 is 2.12 bits per heavy atom. The van der Waals surface area contributed by atoms with Gasteiger partial charge in [-0.25, -0.2) is 4.98 Å². The Bertz CT molecular complexity index is 713. The van der Waals surface area contributed by atoms with Gasteiger partial charge in [-0.15, -0.1) is 0 Å². The molecule has 1 aromatic carbocycles. The number of aryl methyl sites for hydroxylation is 3. The number of nitrogens with zero attached hydrogens (tertiary/aromatic N) is 1. The van der Waals surface area contributed by atoms with Crippen molar-refractivity contribution in [3.63, 3.8) is 0 Å². The molecule has 4 nitrogen and oxygen atoms in total. The van der Waals surface area contributed by atoms with E-state index < -0.39 is 0 Å². The molecule has 1 aromatic heterocycles. The van der Waals surface area contributed by atoms with Crippen LogP contribution < -0.4 is 9.47 Å². The molecule has 0 saturated carbocycles. The molecular weight excluding hydrogens is 314 g/mol. The average molecular weight is 343 g/mol. The lowest BCUT2D eigenvalue weighted by Crippen LogP contribution is -2.15. The van der Waals surface area contributed by atoms with Crippen LogP contribution in [0.4, 0.5) is 0 Å². The van der Waals surface area contributed by atoms with Crippen molar-refractivity contribution < 1.29 is 14.6 Å². The number of pyridine rings is 1. The number of hydrogen-bond donors (Lipinski definition) is 1. The molecule has 0 fully saturated rings. The summed E-state index contributed by atoms with van der Waals surface area (Å²) >= 11 is 0. The maximum atomic E-state index is 9.34. The fourth-order valence-corrected chi connectivity index (χ4v) is 2.93. The molecule has 0 bridgehead atoms. The third-order valence-electron chi connectivity index (χ3n) is 4.41. The van der Waals surface area contributed by atoms with Gasteiger partial charge in [0.1, 0.15) is 11.5 Å². The molecule has 0 aliphatic carbocycles. The van der Waals surface area contributed by atoms with Gasteiger partial charge in [0, 0.05) is 11.8 Å². The molecule has 0 radical (unpaired) electrons. The average Bonchev–Trinajstić information content (AvgIpc) is 2.58. The molecule has 0 atom stereocenters. The fourth-order valence-electron chi connectivity index (χ4n) is 2.93. The highest BCUT2D eigenvalue weighted by Gasteiger charge is 2.16. The van der Waals surface area contributed by atoms with Crippen molar-refractivity contribution in [1.82, 2.24) is 4.98 Å². The molecule has 25 heavy (non-hydrogen) atoms. The number of ether oxygens (including phenoxy) is 2. The Morgan fingerprint density at radius 1 is 1.00 bits per heavy atom. The molecule has 0 amide bonds. The quantitative estimate of drug-likeness (QED) is 0.754. The number of benzene rings is 1. The van der Waals surface area contributed by atoms with Crippen molar-refractivity contribution in [1.29, 1.82) is 0 Å². The molecule has 1 heterocycles. The lowest BCUT2D eigenvalue weighted by molar-refractivity contribution is 0.190. The van der Waals surface area contributed by atoms with Crippen LogP contribution in [0.1, 0.15) is 54.6 Å². The van der Waals surface area contributed by atoms with Crippen LogP contribution in [0, 0.1) is 27.7 Å². The molecule has 2 aromatic rings. The van der Waals surface area contributed by atoms with Crippen molar-refractivity contribution in [3.8, 4) is 17.4 Å². The Balaban J connectivity index is 2.39. The van der Waals surface area contributed by atoms with Gasteiger partial charge in [0.25, 0.3) is 0 Å². The van der Waals surface area contributed by atoms with Crippen LogP contribution in [0.2, 0.25) is 0 Å². The van der Waals surface area contributed by atoms with Crippen molar-refractivity contribution in [2.45, 2.75) is 67.1 Å². The van der Waals surface area contributed by atoms with Gasteiger partial charge in [0.2, 0.25) is 5.88 Å². The summed E-state index contributed by atoms with van der Waals surface area (Å²) in [5, 5.41) is 9.34. The first-order chi connectivity index (χ1) is 11.9. The zero-order chi connectivity index (χ0) is 18.6. The summed E-state index contributed by atoms with van der Waals surface area (Å²) in [6.45, 7) is 12.2. The minimum absolute atomic E-state index is 0.0249. The third kappa shape index (κ3) is 4.51. The SMILES string of the molecule is CCC(CC)Oc1cc(C)nc(Oc2c(C)cc(CO)cc2C)c1C. The van der Waals surface area contributed by atoms with Crippen LogP contribution in [0.25, 0.3) is 0 Å². The summed E-state index contributed by atoms with van der Waals surface area (Å²) in [7, 11) is 0. The lowest BCUT2D eigenvalue weighted by atomic mass is 10.1. The van der Waals surface area contributed by atoms with Gasteiger partial charge in [-0.1, -0.05) is 26.0 Å². The first-order valence-corrected chi connectivity index (χ1v) is 8.93. The molecule has 0 aliphatic rings. The second kappa shape index (κ2) is 8.34. The highest BCUT2D eigenvalue weighted by atomic mass is 16.5. The summed E-state index contributed by atoms with van der Waals surface area (Å²) in [6.07, 6.45) is 2.13. The summed E-state index contributed by atoms with van der Waals surface area (Å²) in [6, 6.07) is 5.85. The Hall–Kier alpha value is -2.07. The van der Waals surface area contributed by atoms with Crippen LogP contribution in [-0.4, -0.2) is 16.2 Å². The standard InChI is InChI=1S/C21H29NO3/c1-7-18(8-2)24-19-11-15(5)22-21(16(19)6)25-20-13(3)9-17(12-23)10-14(20)4/h9-11,18,23H,7-8,12H2,1-6H3. The molecule has 0 saturated heterocycles. The van der Waals surface area contributed by atoms with Crippen LogP contribution >= 0.6 is 0 Å². The van der Waals surface area contributed by atoms with Gasteiger partial charge in [0.05, 0.1) is 18.3 Å². The Morgan fingerprint density at radius 2 is 1.60 bits per heavy atom. The van der Waals surface area contributed by atoms with E-state index in [-0.39, 0.29) is 12.7 Å². The molecular formula is C21H29NO3. The highest BCUT2D eigenvalue weighted by molar-refractivity contribution is 5.48. The summed E-state index contributed by atoms with van der Waals surface area (Å²) in [4.78, 5) is 4.56. The Labute approximate surface area is 150 Å². The lowest BCUT2D eigenvalue weighted by Gasteiger charge is -2.20. The van der Waals surface area contributed by atoms with Gasteiger partial charge >= 0.3 is 0 Å². The molecule has 4 heteroatoms. The first kappa shape index (κ1) is 19.3. The van der Waals surface area contributed by atoms with E-state index >= 15 is 0 Å². The number of aliphatic hydroxyl groups is 1. The van der Waals surface area contributed by atoms with E-state index in [1.165, 1.54) is 0 Å². The monoisotopic (exact) mass is 343 g/mol. The van der Waals surface area contributed by atoms with E-state index in [4.69, 9.17) is 9.47 Å². The van der Waals surface area contributed by atoms with Crippen molar-refractivity contribution in [3.05, 3.63) is 46.1 Å². The third-order valence-corrected chi connectivity index (χ3v) is 4.41. The van der Waals surface area contributed by atoms with Crippen molar-refractivity contribution >= 4 is 0 Å². The predicted molar refractivity (Wildman–Crippen MR) is 101 cm³/mol. The maximum Gasteiger partial charge on any atom is 0.226 e. The smallest absolute Gasteiger partial charge is 0.226 e. The number of hydrogen-bond acceptors (Lipinski definition) is 4. The van der Waals surface area contributed by atoms with Gasteiger partial charge in [0.15, 0.2) is 0 Å². The second-order valence-electron chi connectivity index (χ2n) is 6.57. The van der Waals surface area contributed by atoms with Crippen LogP contribution in [0.5, 0.6) is 17.4 Å².